The molecule has 1 N–H and O–H groups in total. The highest BCUT2D eigenvalue weighted by Gasteiger charge is 2.25. The molecule has 0 aliphatic carbocycles. The first-order valence-corrected chi connectivity index (χ1v) is 12.4. The molecule has 1 saturated heterocycles. The highest BCUT2D eigenvalue weighted by molar-refractivity contribution is 6.12. The molecular weight excluding hydrogens is 493 g/mol. The van der Waals surface area contributed by atoms with Crippen LogP contribution in [0.5, 0.6) is 5.75 Å². The number of hydrogen-bond donors (Lipinski definition) is 1. The molecule has 2 aromatic carbocycles. The summed E-state index contributed by atoms with van der Waals surface area (Å²) < 4.78 is 44.4. The fraction of sp³-hybridized carbons (Fsp3) is 0.276. The maximum absolute atomic E-state index is 14.4. The third-order valence-electron chi connectivity index (χ3n) is 6.71. The van der Waals surface area contributed by atoms with E-state index in [1.165, 1.54) is 30.6 Å². The zero-order valence-electron chi connectivity index (χ0n) is 21.0. The van der Waals surface area contributed by atoms with E-state index in [-0.39, 0.29) is 17.7 Å². The van der Waals surface area contributed by atoms with Crippen LogP contribution in [-0.4, -0.2) is 53.6 Å². The zero-order valence-corrected chi connectivity index (χ0v) is 21.0. The number of halogens is 3. The van der Waals surface area contributed by atoms with E-state index in [0.29, 0.717) is 45.3 Å². The number of benzene rings is 2. The summed E-state index contributed by atoms with van der Waals surface area (Å²) in [7, 11) is 1.76. The molecule has 5 rings (SSSR count). The molecule has 1 atom stereocenters. The molecule has 0 radical (unpaired) electrons. The van der Waals surface area contributed by atoms with Crippen molar-refractivity contribution in [3.05, 3.63) is 78.0 Å². The van der Waals surface area contributed by atoms with Crippen LogP contribution in [0.3, 0.4) is 0 Å². The van der Waals surface area contributed by atoms with Crippen molar-refractivity contribution < 1.29 is 22.7 Å². The number of ether oxygens (including phenoxy) is 1. The summed E-state index contributed by atoms with van der Waals surface area (Å²) >= 11 is 0. The van der Waals surface area contributed by atoms with Crippen molar-refractivity contribution in [3.63, 3.8) is 0 Å². The molecule has 0 spiro atoms. The Labute approximate surface area is 218 Å². The van der Waals surface area contributed by atoms with Gasteiger partial charge in [-0.25, -0.2) is 4.39 Å². The highest BCUT2D eigenvalue weighted by Crippen LogP contribution is 2.34. The lowest BCUT2D eigenvalue weighted by Crippen LogP contribution is -2.38. The minimum absolute atomic E-state index is 0.0696. The predicted octanol–water partition coefficient (Wildman–Crippen LogP) is 5.84. The number of nitrogens with one attached hydrogen (secondary N) is 1. The molecule has 6 nitrogen and oxygen atoms in total. The van der Waals surface area contributed by atoms with Crippen molar-refractivity contribution in [2.75, 3.05) is 20.1 Å². The minimum Gasteiger partial charge on any atom is -0.433 e. The van der Waals surface area contributed by atoms with E-state index >= 15 is 0 Å². The molecule has 1 aliphatic rings. The molecule has 9 heteroatoms. The van der Waals surface area contributed by atoms with Crippen molar-refractivity contribution >= 4 is 16.8 Å². The summed E-state index contributed by atoms with van der Waals surface area (Å²) in [5, 5.41) is 3.98. The van der Waals surface area contributed by atoms with Gasteiger partial charge in [-0.3, -0.25) is 14.8 Å². The lowest BCUT2D eigenvalue weighted by molar-refractivity contribution is -0.0500. The molecule has 1 aliphatic heterocycles. The fourth-order valence-electron chi connectivity index (χ4n) is 4.97. The van der Waals surface area contributed by atoms with Crippen LogP contribution in [-0.2, 0) is 0 Å². The SMILES string of the molecule is Cc1cc(F)cc(-c2cnc3ccc(-c4cncc(OC(F)F)c4)cc3c2C(=O)N(C)C[C@@H]2CCCN2)c1. The Morgan fingerprint density at radius 2 is 1.95 bits per heavy atom. The first-order valence-electron chi connectivity index (χ1n) is 12.4. The van der Waals surface area contributed by atoms with Crippen LogP contribution in [0.4, 0.5) is 13.2 Å². The summed E-state index contributed by atoms with van der Waals surface area (Å²) in [5.74, 6) is -0.689. The van der Waals surface area contributed by atoms with Gasteiger partial charge in [0.05, 0.1) is 17.3 Å². The normalized spacial score (nSPS) is 15.3. The Morgan fingerprint density at radius 3 is 2.68 bits per heavy atom. The standard InChI is InChI=1S/C29H27F3N4O2/c1-17-8-19(10-21(30)9-17)25-15-35-26-6-5-18(20-11-23(14-33-13-20)38-29(31)32)12-24(26)27(25)28(37)36(2)16-22-4-3-7-34-22/h5-6,8-15,22,29,34H,3-4,7,16H2,1-2H3/t22-/m0/s1. The van der Waals surface area contributed by atoms with Gasteiger partial charge in [0.1, 0.15) is 11.6 Å². The van der Waals surface area contributed by atoms with Gasteiger partial charge < -0.3 is 15.0 Å². The number of likely N-dealkylation sites (N-methyl/N-ethyl adjacent to an activating group) is 1. The van der Waals surface area contributed by atoms with Crippen molar-refractivity contribution in [1.29, 1.82) is 0 Å². The van der Waals surface area contributed by atoms with Crippen molar-refractivity contribution in [2.24, 2.45) is 0 Å². The van der Waals surface area contributed by atoms with Crippen LogP contribution in [0, 0.1) is 12.7 Å². The molecular formula is C29H27F3N4O2. The quantitative estimate of drug-likeness (QED) is 0.332. The van der Waals surface area contributed by atoms with E-state index in [4.69, 9.17) is 0 Å². The Hall–Kier alpha value is -3.98. The third-order valence-corrected chi connectivity index (χ3v) is 6.71. The van der Waals surface area contributed by atoms with E-state index in [1.807, 2.05) is 6.07 Å². The number of nitrogens with zero attached hydrogens (tertiary/aromatic N) is 3. The van der Waals surface area contributed by atoms with E-state index < -0.39 is 12.4 Å². The molecule has 1 fully saturated rings. The van der Waals surface area contributed by atoms with Gasteiger partial charge in [-0.05, 0) is 73.3 Å². The smallest absolute Gasteiger partial charge is 0.387 e. The second kappa shape index (κ2) is 10.8. The van der Waals surface area contributed by atoms with E-state index in [2.05, 4.69) is 20.0 Å². The molecule has 1 amide bonds. The summed E-state index contributed by atoms with van der Waals surface area (Å²) in [5.41, 5.74) is 3.95. The molecule has 4 aromatic rings. The molecule has 0 bridgehead atoms. The van der Waals surface area contributed by atoms with Gasteiger partial charge in [-0.15, -0.1) is 0 Å². The lowest BCUT2D eigenvalue weighted by Gasteiger charge is -2.24. The second-order valence-corrected chi connectivity index (χ2v) is 9.56. The van der Waals surface area contributed by atoms with Crippen molar-refractivity contribution in [1.82, 2.24) is 20.2 Å². The molecule has 0 saturated carbocycles. The average molecular weight is 521 g/mol. The molecule has 0 unspecified atom stereocenters. The zero-order chi connectivity index (χ0) is 26.8. The fourth-order valence-corrected chi connectivity index (χ4v) is 4.97. The van der Waals surface area contributed by atoms with E-state index in [9.17, 15) is 18.0 Å². The first-order chi connectivity index (χ1) is 18.3. The monoisotopic (exact) mass is 520 g/mol. The summed E-state index contributed by atoms with van der Waals surface area (Å²) in [6.45, 7) is 0.268. The predicted molar refractivity (Wildman–Crippen MR) is 140 cm³/mol. The van der Waals surface area contributed by atoms with Crippen LogP contribution in [0.1, 0.15) is 28.8 Å². The van der Waals surface area contributed by atoms with Gasteiger partial charge in [-0.1, -0.05) is 12.1 Å². The van der Waals surface area contributed by atoms with Crippen LogP contribution >= 0.6 is 0 Å². The van der Waals surface area contributed by atoms with Gasteiger partial charge in [-0.2, -0.15) is 8.78 Å². The Balaban J connectivity index is 1.66. The van der Waals surface area contributed by atoms with Crippen molar-refractivity contribution in [2.45, 2.75) is 32.4 Å². The first kappa shape index (κ1) is 25.7. The number of carbonyl (C=O) groups excluding carboxylic acids is 1. The number of aromatic nitrogens is 2. The minimum atomic E-state index is -2.97. The van der Waals surface area contributed by atoms with Crippen molar-refractivity contribution in [3.8, 4) is 28.0 Å². The van der Waals surface area contributed by atoms with Gasteiger partial charge in [0, 0.05) is 48.5 Å². The Bertz CT molecular complexity index is 1470. The molecule has 38 heavy (non-hydrogen) atoms. The van der Waals surface area contributed by atoms with Crippen LogP contribution in [0.15, 0.2) is 61.1 Å². The van der Waals surface area contributed by atoms with Crippen LogP contribution < -0.4 is 10.1 Å². The average Bonchev–Trinajstić information content (AvgIpc) is 3.39. The highest BCUT2D eigenvalue weighted by atomic mass is 19.3. The number of fused-ring (bicyclic) bond motifs is 1. The van der Waals surface area contributed by atoms with Crippen LogP contribution in [0.25, 0.3) is 33.2 Å². The number of amides is 1. The Kier molecular flexibility index (Phi) is 7.28. The van der Waals surface area contributed by atoms with Gasteiger partial charge in [0.2, 0.25) is 0 Å². The van der Waals surface area contributed by atoms with E-state index in [0.717, 1.165) is 24.9 Å². The van der Waals surface area contributed by atoms with Crippen LogP contribution in [0.2, 0.25) is 0 Å². The lowest BCUT2D eigenvalue weighted by atomic mass is 9.94. The van der Waals surface area contributed by atoms with Gasteiger partial charge in [0.25, 0.3) is 5.91 Å². The summed E-state index contributed by atoms with van der Waals surface area (Å²) in [4.78, 5) is 24.3. The number of rotatable bonds is 7. The maximum Gasteiger partial charge on any atom is 0.387 e. The van der Waals surface area contributed by atoms with E-state index in [1.54, 1.807) is 43.3 Å². The van der Waals surface area contributed by atoms with Gasteiger partial charge in [0.15, 0.2) is 0 Å². The maximum atomic E-state index is 14.4. The van der Waals surface area contributed by atoms with Gasteiger partial charge >= 0.3 is 6.61 Å². The number of alkyl halides is 2. The molecule has 2 aromatic heterocycles. The summed E-state index contributed by atoms with van der Waals surface area (Å²) in [6, 6.07) is 11.6. The number of aryl methyl sites for hydroxylation is 1. The topological polar surface area (TPSA) is 67.4 Å². The number of carbonyl (C=O) groups is 1. The second-order valence-electron chi connectivity index (χ2n) is 9.56. The summed E-state index contributed by atoms with van der Waals surface area (Å²) in [6.07, 6.45) is 6.39. The largest absolute Gasteiger partial charge is 0.433 e. The Morgan fingerprint density at radius 1 is 1.11 bits per heavy atom. The number of pyridine rings is 2. The third kappa shape index (κ3) is 5.47. The molecule has 3 heterocycles. The number of hydrogen-bond acceptors (Lipinski definition) is 5. The molecule has 196 valence electrons.